The SMILES string of the molecule is [O-][I+2]([O-])OS1(C(F)(F)F)C(C2CCCCCC2)=Cc2ccccc21. The van der Waals surface area contributed by atoms with Crippen molar-refractivity contribution in [2.45, 2.75) is 48.9 Å². The molecule has 3 nitrogen and oxygen atoms in total. The molecule has 1 saturated carbocycles. The van der Waals surface area contributed by atoms with Gasteiger partial charge in [0.2, 0.25) is 0 Å². The van der Waals surface area contributed by atoms with Crippen LogP contribution in [0.25, 0.3) is 6.08 Å². The summed E-state index contributed by atoms with van der Waals surface area (Å²) in [4.78, 5) is 0.123. The van der Waals surface area contributed by atoms with Crippen molar-refractivity contribution in [1.82, 2.24) is 0 Å². The van der Waals surface area contributed by atoms with Gasteiger partial charge < -0.3 is 6.87 Å². The summed E-state index contributed by atoms with van der Waals surface area (Å²) in [6, 6.07) is 6.13. The highest BCUT2D eigenvalue weighted by Crippen LogP contribution is 2.77. The van der Waals surface area contributed by atoms with Gasteiger partial charge in [0.15, 0.2) is 0 Å². The summed E-state index contributed by atoms with van der Waals surface area (Å²) in [6.07, 6.45) is 6.58. The lowest BCUT2D eigenvalue weighted by Gasteiger charge is -2.36. The van der Waals surface area contributed by atoms with Crippen molar-refractivity contribution in [3.05, 3.63) is 34.7 Å². The zero-order valence-electron chi connectivity index (χ0n) is 12.9. The standard InChI is InChI=1S/C16H18F3IO3S/c17-16(18,19)24(23-20(21)22)14-10-6-5-9-13(14)11-15(24)12-7-3-1-2-4-8-12/h5-6,9-12H,1-4,7-8H2. The normalized spacial score (nSPS) is 28.2. The molecule has 0 saturated heterocycles. The Bertz CT molecular complexity index is 627. The van der Waals surface area contributed by atoms with E-state index < -0.39 is 36.9 Å². The number of hydrogen-bond acceptors (Lipinski definition) is 3. The highest BCUT2D eigenvalue weighted by atomic mass is 127. The smallest absolute Gasteiger partial charge is 0.395 e. The molecule has 24 heavy (non-hydrogen) atoms. The summed E-state index contributed by atoms with van der Waals surface area (Å²) in [7, 11) is -3.99. The van der Waals surface area contributed by atoms with E-state index in [1.807, 2.05) is 0 Å². The van der Waals surface area contributed by atoms with Crippen LogP contribution in [0.3, 0.4) is 0 Å². The molecule has 0 aromatic heterocycles. The fourth-order valence-corrected chi connectivity index (χ4v) is 9.58. The van der Waals surface area contributed by atoms with Crippen LogP contribution in [0.5, 0.6) is 0 Å². The van der Waals surface area contributed by atoms with Gasteiger partial charge in [-0.25, -0.2) is 0 Å². The summed E-state index contributed by atoms with van der Waals surface area (Å²) >= 11 is -4.56. The predicted molar refractivity (Wildman–Crippen MR) is 78.6 cm³/mol. The van der Waals surface area contributed by atoms with Crippen LogP contribution >= 0.6 is 10.3 Å². The second kappa shape index (κ2) is 7.14. The van der Waals surface area contributed by atoms with Crippen LogP contribution in [0.1, 0.15) is 44.1 Å². The topological polar surface area (TPSA) is 55.3 Å². The third-order valence-electron chi connectivity index (χ3n) is 4.59. The molecule has 0 bridgehead atoms. The minimum absolute atomic E-state index is 0.0225. The van der Waals surface area contributed by atoms with Crippen LogP contribution in [-0.2, 0) is 2.51 Å². The van der Waals surface area contributed by atoms with Crippen LogP contribution in [-0.4, -0.2) is 5.51 Å². The summed E-state index contributed by atoms with van der Waals surface area (Å²) in [6.45, 7) is 0. The Morgan fingerprint density at radius 2 is 1.67 bits per heavy atom. The van der Waals surface area contributed by atoms with Crippen molar-refractivity contribution in [3.8, 4) is 0 Å². The van der Waals surface area contributed by atoms with Crippen molar-refractivity contribution in [3.63, 3.8) is 0 Å². The Morgan fingerprint density at radius 3 is 2.25 bits per heavy atom. The summed E-state index contributed by atoms with van der Waals surface area (Å²) in [5.74, 6) is -0.271. The average molecular weight is 474 g/mol. The zero-order chi connectivity index (χ0) is 17.4. The molecule has 3 rings (SSSR count). The molecule has 1 fully saturated rings. The molecule has 1 aliphatic carbocycles. The minimum Gasteiger partial charge on any atom is -0.395 e. The van der Waals surface area contributed by atoms with E-state index in [4.69, 9.17) is 2.51 Å². The highest BCUT2D eigenvalue weighted by molar-refractivity contribution is 8.34. The Balaban J connectivity index is 2.14. The first-order chi connectivity index (χ1) is 11.4. The third-order valence-corrected chi connectivity index (χ3v) is 10.1. The largest absolute Gasteiger partial charge is 0.520 e. The summed E-state index contributed by atoms with van der Waals surface area (Å²) < 4.78 is 70.0. The first-order valence-corrected chi connectivity index (χ1v) is 12.0. The maximum atomic E-state index is 14.2. The molecule has 1 aromatic rings. The van der Waals surface area contributed by atoms with Crippen molar-refractivity contribution in [2.75, 3.05) is 0 Å². The lowest BCUT2D eigenvalue weighted by Crippen LogP contribution is -3.98. The van der Waals surface area contributed by atoms with E-state index in [2.05, 4.69) is 0 Å². The monoisotopic (exact) mass is 474 g/mol. The van der Waals surface area contributed by atoms with Gasteiger partial charge in [0.1, 0.15) is 10.3 Å². The molecular weight excluding hydrogens is 456 g/mol. The average Bonchev–Trinajstić information content (AvgIpc) is 2.68. The number of hydrogen-bond donors (Lipinski definition) is 0. The van der Waals surface area contributed by atoms with Crippen LogP contribution in [0.2, 0.25) is 0 Å². The van der Waals surface area contributed by atoms with Gasteiger partial charge in [0.05, 0.1) is 0 Å². The lowest BCUT2D eigenvalue weighted by molar-refractivity contribution is -1.62. The fourth-order valence-electron chi connectivity index (χ4n) is 3.58. The van der Waals surface area contributed by atoms with Gasteiger partial charge in [-0.05, 0) is 36.5 Å². The van der Waals surface area contributed by atoms with Crippen molar-refractivity contribution in [1.29, 1.82) is 0 Å². The third kappa shape index (κ3) is 3.23. The van der Waals surface area contributed by atoms with E-state index in [9.17, 15) is 20.0 Å². The Morgan fingerprint density at radius 1 is 1.04 bits per heavy atom. The number of allylic oxidation sites excluding steroid dienone is 1. The maximum absolute atomic E-state index is 14.2. The first-order valence-electron chi connectivity index (χ1n) is 7.82. The predicted octanol–water partition coefficient (Wildman–Crippen LogP) is 0.717. The van der Waals surface area contributed by atoms with E-state index in [1.54, 1.807) is 12.1 Å². The van der Waals surface area contributed by atoms with Gasteiger partial charge in [-0.3, -0.25) is 0 Å². The van der Waals surface area contributed by atoms with E-state index in [1.165, 1.54) is 18.2 Å². The van der Waals surface area contributed by atoms with Crippen molar-refractivity contribution < 1.29 is 43.6 Å². The van der Waals surface area contributed by atoms with E-state index in [0.717, 1.165) is 25.7 Å². The molecule has 134 valence electrons. The molecule has 1 aromatic carbocycles. The van der Waals surface area contributed by atoms with E-state index in [-0.39, 0.29) is 15.7 Å². The second-order valence-corrected chi connectivity index (χ2v) is 10.8. The van der Waals surface area contributed by atoms with Gasteiger partial charge in [0, 0.05) is 12.3 Å². The van der Waals surface area contributed by atoms with Gasteiger partial charge >= 0.3 is 26.6 Å². The Kier molecular flexibility index (Phi) is 5.51. The maximum Gasteiger partial charge on any atom is 0.520 e. The molecule has 0 spiro atoms. The highest BCUT2D eigenvalue weighted by Gasteiger charge is 2.65. The number of alkyl halides is 3. The van der Waals surface area contributed by atoms with E-state index >= 15 is 0 Å². The molecule has 0 radical (unpaired) electrons. The number of halogens is 4. The molecule has 1 heterocycles. The summed E-state index contributed by atoms with van der Waals surface area (Å²) in [5.41, 5.74) is -4.32. The second-order valence-electron chi connectivity index (χ2n) is 6.03. The molecule has 1 atom stereocenters. The van der Waals surface area contributed by atoms with Crippen molar-refractivity contribution >= 4 is 16.4 Å². The lowest BCUT2D eigenvalue weighted by atomic mass is 9.99. The molecule has 0 amide bonds. The number of fused-ring (bicyclic) bond motifs is 1. The van der Waals surface area contributed by atoms with Crippen LogP contribution in [0.15, 0.2) is 34.1 Å². The summed E-state index contributed by atoms with van der Waals surface area (Å²) in [5, 5.41) is 0. The molecular formula is C16H18F3IO3S. The molecule has 0 N–H and O–H groups in total. The molecule has 8 heteroatoms. The van der Waals surface area contributed by atoms with Gasteiger partial charge in [-0.1, -0.05) is 43.9 Å². The van der Waals surface area contributed by atoms with Gasteiger partial charge in [-0.15, -0.1) is 0 Å². The minimum atomic E-state index is -4.75. The quantitative estimate of drug-likeness (QED) is 0.480. The van der Waals surface area contributed by atoms with Gasteiger partial charge in [-0.2, -0.15) is 13.2 Å². The fraction of sp³-hybridized carbons (Fsp3) is 0.500. The van der Waals surface area contributed by atoms with Crippen LogP contribution in [0, 0.1) is 5.92 Å². The van der Waals surface area contributed by atoms with E-state index in [0.29, 0.717) is 18.4 Å². The first kappa shape index (κ1) is 18.5. The number of rotatable bonds is 3. The van der Waals surface area contributed by atoms with Crippen LogP contribution in [0.4, 0.5) is 13.2 Å². The Labute approximate surface area is 149 Å². The van der Waals surface area contributed by atoms with Gasteiger partial charge in [0.25, 0.3) is 0 Å². The molecule has 1 unspecified atom stereocenters. The molecule has 2 aliphatic rings. The zero-order valence-corrected chi connectivity index (χ0v) is 15.8. The van der Waals surface area contributed by atoms with Crippen LogP contribution < -0.4 is 27.9 Å². The molecule has 1 aliphatic heterocycles. The Hall–Kier alpha value is -0.290. The van der Waals surface area contributed by atoms with Crippen molar-refractivity contribution in [2.24, 2.45) is 5.92 Å². The number of benzene rings is 1.